The Balaban J connectivity index is 4.22. The van der Waals surface area contributed by atoms with Crippen LogP contribution in [0.15, 0.2) is 0 Å². The number of carboxylic acids is 1. The van der Waals surface area contributed by atoms with Gasteiger partial charge in [0.1, 0.15) is 0 Å². The third-order valence-electron chi connectivity index (χ3n) is 1.64. The minimum absolute atomic E-state index is 0.214. The third-order valence-corrected chi connectivity index (χ3v) is 1.64. The average Bonchev–Trinajstić information content (AvgIpc) is 2.01. The summed E-state index contributed by atoms with van der Waals surface area (Å²) < 4.78 is 0. The van der Waals surface area contributed by atoms with Crippen molar-refractivity contribution in [2.45, 2.75) is 32.4 Å². The Kier molecular flexibility index (Phi) is 5.06. The predicted octanol–water partition coefficient (Wildman–Crippen LogP) is -0.407. The molecule has 0 fully saturated rings. The van der Waals surface area contributed by atoms with Gasteiger partial charge in [0.2, 0.25) is 6.41 Å². The van der Waals surface area contributed by atoms with Gasteiger partial charge in [-0.25, -0.2) is 4.79 Å². The minimum Gasteiger partial charge on any atom is -0.479 e. The topological polar surface area (TPSA) is 86.6 Å². The predicted molar refractivity (Wildman–Crippen MR) is 46.1 cm³/mol. The summed E-state index contributed by atoms with van der Waals surface area (Å²) >= 11 is 0. The molecule has 0 saturated heterocycles. The van der Waals surface area contributed by atoms with Crippen LogP contribution in [0.1, 0.15) is 20.3 Å². The standard InChI is InChI=1S/C8H15NO4/c1-5(2)3-6(9-4-10)7(11)8(12)13/h4-7,11H,3H2,1-2H3,(H,9,10)(H,12,13). The molecule has 0 bridgehead atoms. The summed E-state index contributed by atoms with van der Waals surface area (Å²) in [5, 5.41) is 19.9. The van der Waals surface area contributed by atoms with Gasteiger partial charge >= 0.3 is 5.97 Å². The molecule has 0 spiro atoms. The molecule has 0 aliphatic rings. The number of carbonyl (C=O) groups is 2. The van der Waals surface area contributed by atoms with Crippen LogP contribution < -0.4 is 5.32 Å². The second-order valence-electron chi connectivity index (χ2n) is 3.30. The Morgan fingerprint density at radius 3 is 2.38 bits per heavy atom. The molecule has 0 heterocycles. The van der Waals surface area contributed by atoms with Crippen LogP contribution in [0.2, 0.25) is 0 Å². The summed E-state index contributed by atoms with van der Waals surface area (Å²) in [7, 11) is 0. The summed E-state index contributed by atoms with van der Waals surface area (Å²) in [5.74, 6) is -1.11. The highest BCUT2D eigenvalue weighted by Gasteiger charge is 2.25. The Labute approximate surface area is 76.8 Å². The summed E-state index contributed by atoms with van der Waals surface area (Å²) in [5.41, 5.74) is 0. The maximum absolute atomic E-state index is 10.4. The molecule has 0 aromatic heterocycles. The molecule has 0 saturated carbocycles. The molecule has 5 heteroatoms. The van der Waals surface area contributed by atoms with Crippen molar-refractivity contribution in [1.82, 2.24) is 5.32 Å². The lowest BCUT2D eigenvalue weighted by Crippen LogP contribution is -2.44. The van der Waals surface area contributed by atoms with Crippen LogP contribution in [-0.2, 0) is 9.59 Å². The number of carbonyl (C=O) groups excluding carboxylic acids is 1. The van der Waals surface area contributed by atoms with Crippen LogP contribution in [-0.4, -0.2) is 34.7 Å². The number of aliphatic hydroxyl groups excluding tert-OH is 1. The second kappa shape index (κ2) is 5.53. The maximum atomic E-state index is 10.4. The Morgan fingerprint density at radius 1 is 1.54 bits per heavy atom. The van der Waals surface area contributed by atoms with Crippen molar-refractivity contribution in [3.8, 4) is 0 Å². The minimum atomic E-state index is -1.53. The molecule has 0 radical (unpaired) electrons. The summed E-state index contributed by atoms with van der Waals surface area (Å²) in [6.45, 7) is 3.77. The van der Waals surface area contributed by atoms with Crippen LogP contribution in [0.4, 0.5) is 0 Å². The highest BCUT2D eigenvalue weighted by molar-refractivity contribution is 5.73. The van der Waals surface area contributed by atoms with Gasteiger partial charge in [0, 0.05) is 0 Å². The highest BCUT2D eigenvalue weighted by Crippen LogP contribution is 2.08. The van der Waals surface area contributed by atoms with Gasteiger partial charge < -0.3 is 15.5 Å². The molecule has 2 unspecified atom stereocenters. The van der Waals surface area contributed by atoms with E-state index in [4.69, 9.17) is 10.2 Å². The van der Waals surface area contributed by atoms with Crippen LogP contribution in [0.5, 0.6) is 0 Å². The molecule has 0 aliphatic carbocycles. The fourth-order valence-corrected chi connectivity index (χ4v) is 1.06. The molecule has 5 nitrogen and oxygen atoms in total. The van der Waals surface area contributed by atoms with E-state index < -0.39 is 18.1 Å². The van der Waals surface area contributed by atoms with Crippen molar-refractivity contribution in [3.05, 3.63) is 0 Å². The molecule has 0 aromatic rings. The van der Waals surface area contributed by atoms with E-state index in [2.05, 4.69) is 5.32 Å². The zero-order valence-corrected chi connectivity index (χ0v) is 7.73. The van der Waals surface area contributed by atoms with Crippen molar-refractivity contribution in [2.24, 2.45) is 5.92 Å². The Hall–Kier alpha value is -1.10. The molecule has 3 N–H and O–H groups in total. The first-order valence-corrected chi connectivity index (χ1v) is 4.09. The van der Waals surface area contributed by atoms with E-state index in [0.29, 0.717) is 12.8 Å². The fraction of sp³-hybridized carbons (Fsp3) is 0.750. The molecule has 1 amide bonds. The van der Waals surface area contributed by atoms with Crippen LogP contribution in [0, 0.1) is 5.92 Å². The first kappa shape index (κ1) is 11.9. The van der Waals surface area contributed by atoms with E-state index in [1.807, 2.05) is 13.8 Å². The molecule has 0 rings (SSSR count). The fourth-order valence-electron chi connectivity index (χ4n) is 1.06. The van der Waals surface area contributed by atoms with E-state index in [9.17, 15) is 9.59 Å². The van der Waals surface area contributed by atoms with E-state index in [0.717, 1.165) is 0 Å². The average molecular weight is 189 g/mol. The SMILES string of the molecule is CC(C)CC(NC=O)C(O)C(=O)O. The van der Waals surface area contributed by atoms with Gasteiger partial charge in [-0.3, -0.25) is 4.79 Å². The summed E-state index contributed by atoms with van der Waals surface area (Å²) in [6.07, 6.45) is -0.696. The maximum Gasteiger partial charge on any atom is 0.334 e. The van der Waals surface area contributed by atoms with Crippen LogP contribution in [0.3, 0.4) is 0 Å². The third kappa shape index (κ3) is 4.47. The summed E-state index contributed by atoms with van der Waals surface area (Å²) in [4.78, 5) is 20.5. The van der Waals surface area contributed by atoms with Crippen molar-refractivity contribution < 1.29 is 19.8 Å². The first-order chi connectivity index (χ1) is 5.99. The zero-order chi connectivity index (χ0) is 10.4. The largest absolute Gasteiger partial charge is 0.479 e. The molecule has 76 valence electrons. The molecule has 0 aliphatic heterocycles. The number of aliphatic carboxylic acids is 1. The zero-order valence-electron chi connectivity index (χ0n) is 7.73. The van der Waals surface area contributed by atoms with Gasteiger partial charge in [-0.2, -0.15) is 0 Å². The van der Waals surface area contributed by atoms with Crippen LogP contribution >= 0.6 is 0 Å². The summed E-state index contributed by atoms with van der Waals surface area (Å²) in [6, 6.07) is -0.713. The molecule has 0 aromatic carbocycles. The van der Waals surface area contributed by atoms with E-state index in [1.54, 1.807) is 0 Å². The first-order valence-electron chi connectivity index (χ1n) is 4.09. The van der Waals surface area contributed by atoms with Gasteiger partial charge in [-0.05, 0) is 12.3 Å². The van der Waals surface area contributed by atoms with Crippen LogP contribution in [0.25, 0.3) is 0 Å². The molecule has 13 heavy (non-hydrogen) atoms. The van der Waals surface area contributed by atoms with Gasteiger partial charge in [0.15, 0.2) is 6.10 Å². The Morgan fingerprint density at radius 2 is 2.08 bits per heavy atom. The van der Waals surface area contributed by atoms with E-state index >= 15 is 0 Å². The van der Waals surface area contributed by atoms with Crippen molar-refractivity contribution >= 4 is 12.4 Å². The van der Waals surface area contributed by atoms with Crippen molar-refractivity contribution in [3.63, 3.8) is 0 Å². The van der Waals surface area contributed by atoms with Gasteiger partial charge in [0.05, 0.1) is 6.04 Å². The molecular weight excluding hydrogens is 174 g/mol. The van der Waals surface area contributed by atoms with Crippen molar-refractivity contribution in [2.75, 3.05) is 0 Å². The number of hydrogen-bond acceptors (Lipinski definition) is 3. The van der Waals surface area contributed by atoms with E-state index in [-0.39, 0.29) is 5.92 Å². The number of hydrogen-bond donors (Lipinski definition) is 3. The lowest BCUT2D eigenvalue weighted by Gasteiger charge is -2.20. The van der Waals surface area contributed by atoms with Gasteiger partial charge in [0.25, 0.3) is 0 Å². The smallest absolute Gasteiger partial charge is 0.334 e. The lowest BCUT2D eigenvalue weighted by molar-refractivity contribution is -0.148. The van der Waals surface area contributed by atoms with Gasteiger partial charge in [-0.1, -0.05) is 13.8 Å². The number of rotatable bonds is 6. The number of aliphatic hydroxyl groups is 1. The number of nitrogens with one attached hydrogen (secondary N) is 1. The molecule has 2 atom stereocenters. The quantitative estimate of drug-likeness (QED) is 0.496. The monoisotopic (exact) mass is 189 g/mol. The number of amides is 1. The highest BCUT2D eigenvalue weighted by atomic mass is 16.4. The van der Waals surface area contributed by atoms with Crippen molar-refractivity contribution in [1.29, 1.82) is 0 Å². The lowest BCUT2D eigenvalue weighted by atomic mass is 9.99. The Bertz CT molecular complexity index is 181. The normalized spacial score (nSPS) is 15.1. The molecular formula is C8H15NO4. The van der Waals surface area contributed by atoms with Gasteiger partial charge in [-0.15, -0.1) is 0 Å². The second-order valence-corrected chi connectivity index (χ2v) is 3.30. The van der Waals surface area contributed by atoms with E-state index in [1.165, 1.54) is 0 Å². The number of carboxylic acid groups (broad SMARTS) is 1.